The number of pyridine rings is 1. The minimum atomic E-state index is -4.42. The van der Waals surface area contributed by atoms with Gasteiger partial charge in [-0.15, -0.1) is 0 Å². The Kier molecular flexibility index (Phi) is 5.65. The van der Waals surface area contributed by atoms with Crippen LogP contribution in [0.4, 0.5) is 30.8 Å². The number of hydrogen-bond acceptors (Lipinski definition) is 7. The van der Waals surface area contributed by atoms with E-state index in [0.717, 1.165) is 12.1 Å². The van der Waals surface area contributed by atoms with Crippen LogP contribution in [0.15, 0.2) is 73.1 Å². The number of aromatic amines is 1. The maximum atomic E-state index is 12.9. The van der Waals surface area contributed by atoms with Crippen LogP contribution in [0.1, 0.15) is 5.56 Å². The molecule has 176 valence electrons. The lowest BCUT2D eigenvalue weighted by Crippen LogP contribution is -2.04. The average molecular weight is 477 g/mol. The quantitative estimate of drug-likeness (QED) is 0.275. The highest BCUT2D eigenvalue weighted by Gasteiger charge is 2.30. The molecular weight excluding hydrogens is 459 g/mol. The van der Waals surface area contributed by atoms with Crippen LogP contribution in [0, 0.1) is 0 Å². The summed E-state index contributed by atoms with van der Waals surface area (Å²) in [4.78, 5) is 20.1. The number of imidazole rings is 1. The van der Waals surface area contributed by atoms with Gasteiger partial charge in [-0.1, -0.05) is 0 Å². The number of nitrogens with zero attached hydrogens (tertiary/aromatic N) is 4. The van der Waals surface area contributed by atoms with Crippen LogP contribution in [-0.2, 0) is 6.18 Å². The summed E-state index contributed by atoms with van der Waals surface area (Å²) in [5.74, 6) is 1.72. The SMILES string of the molecule is CNc1nccc(-c2cccnc2Oc2ccc(Nc3nc4cc(C(F)(F)F)ccc4[nH]3)cc2)n1. The molecule has 0 fully saturated rings. The lowest BCUT2D eigenvalue weighted by Gasteiger charge is -2.11. The normalized spacial score (nSPS) is 11.4. The molecular formula is C24H18F3N7O. The molecule has 2 aromatic carbocycles. The molecule has 11 heteroatoms. The summed E-state index contributed by atoms with van der Waals surface area (Å²) in [5, 5.41) is 5.95. The van der Waals surface area contributed by atoms with Gasteiger partial charge in [0.25, 0.3) is 0 Å². The van der Waals surface area contributed by atoms with Crippen molar-refractivity contribution >= 4 is 28.6 Å². The summed E-state index contributed by atoms with van der Waals surface area (Å²) >= 11 is 0. The Morgan fingerprint density at radius 1 is 0.914 bits per heavy atom. The lowest BCUT2D eigenvalue weighted by atomic mass is 10.2. The number of fused-ring (bicyclic) bond motifs is 1. The van der Waals surface area contributed by atoms with Gasteiger partial charge in [0.2, 0.25) is 17.8 Å². The Balaban J connectivity index is 1.33. The zero-order chi connectivity index (χ0) is 24.4. The maximum Gasteiger partial charge on any atom is 0.416 e. The van der Waals surface area contributed by atoms with Gasteiger partial charge in [0.05, 0.1) is 27.9 Å². The summed E-state index contributed by atoms with van der Waals surface area (Å²) in [6.07, 6.45) is -1.15. The fourth-order valence-corrected chi connectivity index (χ4v) is 3.39. The van der Waals surface area contributed by atoms with E-state index in [0.29, 0.717) is 46.0 Å². The molecule has 0 spiro atoms. The molecule has 0 amide bonds. The third kappa shape index (κ3) is 4.83. The highest BCUT2D eigenvalue weighted by molar-refractivity contribution is 5.79. The monoisotopic (exact) mass is 477 g/mol. The molecule has 3 aromatic heterocycles. The number of halogens is 3. The first kappa shape index (κ1) is 22.1. The summed E-state index contributed by atoms with van der Waals surface area (Å²) in [5.41, 5.74) is 1.99. The van der Waals surface area contributed by atoms with Crippen LogP contribution in [-0.4, -0.2) is 32.0 Å². The number of nitrogens with one attached hydrogen (secondary N) is 3. The van der Waals surface area contributed by atoms with Gasteiger partial charge in [-0.25, -0.2) is 19.9 Å². The second-order valence-electron chi connectivity index (χ2n) is 7.44. The zero-order valence-electron chi connectivity index (χ0n) is 18.3. The number of benzene rings is 2. The molecule has 0 radical (unpaired) electrons. The van der Waals surface area contributed by atoms with Crippen molar-refractivity contribution in [3.63, 3.8) is 0 Å². The highest BCUT2D eigenvalue weighted by Crippen LogP contribution is 2.33. The molecule has 5 aromatic rings. The van der Waals surface area contributed by atoms with E-state index >= 15 is 0 Å². The van der Waals surface area contributed by atoms with E-state index in [1.165, 1.54) is 6.07 Å². The molecule has 0 saturated carbocycles. The molecule has 5 rings (SSSR count). The van der Waals surface area contributed by atoms with Crippen LogP contribution < -0.4 is 15.4 Å². The fourth-order valence-electron chi connectivity index (χ4n) is 3.39. The minimum absolute atomic E-state index is 0.219. The van der Waals surface area contributed by atoms with Crippen molar-refractivity contribution in [2.45, 2.75) is 6.18 Å². The third-order valence-electron chi connectivity index (χ3n) is 5.07. The van der Waals surface area contributed by atoms with Crippen LogP contribution in [0.2, 0.25) is 0 Å². The third-order valence-corrected chi connectivity index (χ3v) is 5.07. The molecule has 0 aliphatic rings. The van der Waals surface area contributed by atoms with E-state index in [1.54, 1.807) is 55.8 Å². The second-order valence-corrected chi connectivity index (χ2v) is 7.44. The van der Waals surface area contributed by atoms with E-state index in [1.807, 2.05) is 6.07 Å². The number of H-pyrrole nitrogens is 1. The first-order valence-electron chi connectivity index (χ1n) is 10.5. The Bertz CT molecular complexity index is 1480. The van der Waals surface area contributed by atoms with Crippen molar-refractivity contribution in [2.75, 3.05) is 17.7 Å². The average Bonchev–Trinajstić information content (AvgIpc) is 3.26. The Labute approximate surface area is 197 Å². The molecule has 0 atom stereocenters. The Hall–Kier alpha value is -4.67. The largest absolute Gasteiger partial charge is 0.438 e. The maximum absolute atomic E-state index is 12.9. The van der Waals surface area contributed by atoms with Gasteiger partial charge in [-0.05, 0) is 60.7 Å². The standard InChI is InChI=1S/C24H18F3N7O/c1-28-22-30-12-10-18(32-22)17-3-2-11-29-21(17)35-16-7-5-15(6-8-16)31-23-33-19-9-4-14(24(25,26)27)13-20(19)34-23/h2-13H,1H3,(H,28,30,32)(H2,31,33,34). The van der Waals surface area contributed by atoms with Gasteiger partial charge in [0, 0.05) is 25.1 Å². The van der Waals surface area contributed by atoms with Gasteiger partial charge >= 0.3 is 6.18 Å². The van der Waals surface area contributed by atoms with Crippen molar-refractivity contribution in [1.29, 1.82) is 0 Å². The van der Waals surface area contributed by atoms with E-state index < -0.39 is 11.7 Å². The Morgan fingerprint density at radius 2 is 1.74 bits per heavy atom. The molecule has 0 saturated heterocycles. The summed E-state index contributed by atoms with van der Waals surface area (Å²) < 4.78 is 44.8. The van der Waals surface area contributed by atoms with Gasteiger partial charge in [-0.3, -0.25) is 0 Å². The number of alkyl halides is 3. The predicted octanol–water partition coefficient (Wildman–Crippen LogP) is 6.01. The van der Waals surface area contributed by atoms with Gasteiger partial charge in [-0.2, -0.15) is 13.2 Å². The molecule has 8 nitrogen and oxygen atoms in total. The molecule has 35 heavy (non-hydrogen) atoms. The fraction of sp³-hybridized carbons (Fsp3) is 0.0833. The van der Waals surface area contributed by atoms with Crippen LogP contribution >= 0.6 is 0 Å². The number of ether oxygens (including phenoxy) is 1. The molecule has 0 bridgehead atoms. The van der Waals surface area contributed by atoms with Crippen molar-refractivity contribution < 1.29 is 17.9 Å². The van der Waals surface area contributed by atoms with Crippen molar-refractivity contribution in [1.82, 2.24) is 24.9 Å². The van der Waals surface area contributed by atoms with Crippen molar-refractivity contribution in [3.05, 3.63) is 78.6 Å². The van der Waals surface area contributed by atoms with E-state index in [4.69, 9.17) is 4.74 Å². The molecule has 3 heterocycles. The first-order chi connectivity index (χ1) is 16.9. The highest BCUT2D eigenvalue weighted by atomic mass is 19.4. The van der Waals surface area contributed by atoms with Gasteiger partial charge in [0.1, 0.15) is 5.75 Å². The predicted molar refractivity (Wildman–Crippen MR) is 126 cm³/mol. The summed E-state index contributed by atoms with van der Waals surface area (Å²) in [6.45, 7) is 0. The first-order valence-corrected chi connectivity index (χ1v) is 10.5. The summed E-state index contributed by atoms with van der Waals surface area (Å²) in [7, 11) is 1.74. The number of aromatic nitrogens is 5. The summed E-state index contributed by atoms with van der Waals surface area (Å²) in [6, 6.07) is 15.8. The molecule has 0 aliphatic carbocycles. The Morgan fingerprint density at radius 3 is 2.51 bits per heavy atom. The lowest BCUT2D eigenvalue weighted by molar-refractivity contribution is -0.137. The van der Waals surface area contributed by atoms with E-state index in [9.17, 15) is 13.2 Å². The molecule has 0 unspecified atom stereocenters. The van der Waals surface area contributed by atoms with Crippen LogP contribution in [0.25, 0.3) is 22.3 Å². The smallest absolute Gasteiger partial charge is 0.416 e. The number of anilines is 3. The van der Waals surface area contributed by atoms with Crippen LogP contribution in [0.5, 0.6) is 11.6 Å². The van der Waals surface area contributed by atoms with Crippen LogP contribution in [0.3, 0.4) is 0 Å². The van der Waals surface area contributed by atoms with Crippen molar-refractivity contribution in [3.8, 4) is 22.9 Å². The van der Waals surface area contributed by atoms with Gasteiger partial charge in [0.15, 0.2) is 0 Å². The zero-order valence-corrected chi connectivity index (χ0v) is 18.3. The van der Waals surface area contributed by atoms with Gasteiger partial charge < -0.3 is 20.4 Å². The van der Waals surface area contributed by atoms with E-state index in [2.05, 4.69) is 35.6 Å². The second kappa shape index (κ2) is 8.93. The molecule has 3 N–H and O–H groups in total. The minimum Gasteiger partial charge on any atom is -0.438 e. The number of rotatable bonds is 6. The number of hydrogen-bond donors (Lipinski definition) is 3. The van der Waals surface area contributed by atoms with E-state index in [-0.39, 0.29) is 5.52 Å². The van der Waals surface area contributed by atoms with Crippen molar-refractivity contribution in [2.24, 2.45) is 0 Å². The molecule has 0 aliphatic heterocycles. The topological polar surface area (TPSA) is 101 Å².